The fourth-order valence-corrected chi connectivity index (χ4v) is 2.80. The fraction of sp³-hybridized carbons (Fsp3) is 0. The summed E-state index contributed by atoms with van der Waals surface area (Å²) in [5.41, 5.74) is 2.11. The molecule has 1 aromatic carbocycles. The maximum absolute atomic E-state index is 12.1. The van der Waals surface area contributed by atoms with Gasteiger partial charge in [-0.15, -0.1) is 0 Å². The van der Waals surface area contributed by atoms with E-state index in [9.17, 15) is 4.79 Å². The number of nitrogens with zero attached hydrogens (tertiary/aromatic N) is 2. The predicted octanol–water partition coefficient (Wildman–Crippen LogP) is 3.87. The Bertz CT molecular complexity index is 1030. The van der Waals surface area contributed by atoms with Crippen LogP contribution in [-0.2, 0) is 0 Å². The normalized spacial score (nSPS) is 11.3. The molecule has 4 nitrogen and oxygen atoms in total. The van der Waals surface area contributed by atoms with Crippen molar-refractivity contribution in [3.05, 3.63) is 69.7 Å². The summed E-state index contributed by atoms with van der Waals surface area (Å²) in [5.74, 6) is 0.471. The van der Waals surface area contributed by atoms with E-state index in [1.54, 1.807) is 18.5 Å². The molecule has 0 spiro atoms. The van der Waals surface area contributed by atoms with Gasteiger partial charge in [0.1, 0.15) is 11.3 Å². The van der Waals surface area contributed by atoms with Gasteiger partial charge in [-0.05, 0) is 40.2 Å². The van der Waals surface area contributed by atoms with Crippen molar-refractivity contribution in [3.8, 4) is 11.5 Å². The second-order valence-electron chi connectivity index (χ2n) is 4.74. The maximum Gasteiger partial charge on any atom is 0.193 e. The summed E-state index contributed by atoms with van der Waals surface area (Å²) >= 11 is 3.43. The van der Waals surface area contributed by atoms with E-state index in [1.807, 2.05) is 34.9 Å². The molecule has 0 aliphatic rings. The highest BCUT2D eigenvalue weighted by Gasteiger charge is 2.09. The van der Waals surface area contributed by atoms with Crippen LogP contribution in [0.2, 0.25) is 0 Å². The molecule has 21 heavy (non-hydrogen) atoms. The largest absolute Gasteiger partial charge is 0.454 e. The molecule has 0 fully saturated rings. The van der Waals surface area contributed by atoms with Gasteiger partial charge in [-0.25, -0.2) is 4.98 Å². The van der Waals surface area contributed by atoms with Crippen molar-refractivity contribution >= 4 is 32.4 Å². The monoisotopic (exact) mass is 340 g/mol. The molecule has 0 aliphatic heterocycles. The van der Waals surface area contributed by atoms with E-state index in [2.05, 4.69) is 20.9 Å². The van der Waals surface area contributed by atoms with Gasteiger partial charge in [0, 0.05) is 22.3 Å². The zero-order chi connectivity index (χ0) is 14.4. The molecule has 3 heterocycles. The van der Waals surface area contributed by atoms with Crippen molar-refractivity contribution in [2.45, 2.75) is 0 Å². The summed E-state index contributed by atoms with van der Waals surface area (Å²) in [7, 11) is 0. The van der Waals surface area contributed by atoms with Crippen LogP contribution in [0.15, 0.2) is 68.7 Å². The van der Waals surface area contributed by atoms with E-state index in [-0.39, 0.29) is 5.43 Å². The quantitative estimate of drug-likeness (QED) is 0.528. The van der Waals surface area contributed by atoms with Crippen LogP contribution < -0.4 is 5.43 Å². The van der Waals surface area contributed by atoms with Crippen LogP contribution >= 0.6 is 15.9 Å². The highest BCUT2D eigenvalue weighted by Crippen LogP contribution is 2.23. The first-order chi connectivity index (χ1) is 10.2. The third-order valence-corrected chi connectivity index (χ3v) is 3.77. The van der Waals surface area contributed by atoms with Gasteiger partial charge < -0.3 is 8.82 Å². The lowest BCUT2D eigenvalue weighted by Gasteiger charge is -2.03. The van der Waals surface area contributed by atoms with Gasteiger partial charge in [0.25, 0.3) is 0 Å². The van der Waals surface area contributed by atoms with Crippen LogP contribution in [0.3, 0.4) is 0 Å². The lowest BCUT2D eigenvalue weighted by molar-refractivity contribution is 0.616. The van der Waals surface area contributed by atoms with Crippen LogP contribution in [0.4, 0.5) is 0 Å². The van der Waals surface area contributed by atoms with Crippen molar-refractivity contribution in [2.75, 3.05) is 0 Å². The number of fused-ring (bicyclic) bond motifs is 2. The second kappa shape index (κ2) is 4.56. The van der Waals surface area contributed by atoms with Crippen LogP contribution in [0.5, 0.6) is 0 Å². The van der Waals surface area contributed by atoms with Gasteiger partial charge in [0.15, 0.2) is 11.2 Å². The number of halogens is 1. The second-order valence-corrected chi connectivity index (χ2v) is 5.65. The Morgan fingerprint density at radius 2 is 2.00 bits per heavy atom. The molecule has 4 rings (SSSR count). The molecule has 0 saturated carbocycles. The van der Waals surface area contributed by atoms with Crippen molar-refractivity contribution in [3.63, 3.8) is 0 Å². The Morgan fingerprint density at radius 3 is 2.90 bits per heavy atom. The minimum absolute atomic E-state index is 0.0647. The van der Waals surface area contributed by atoms with E-state index in [0.717, 1.165) is 9.99 Å². The van der Waals surface area contributed by atoms with E-state index < -0.39 is 0 Å². The number of hydrogen-bond acceptors (Lipinski definition) is 3. The fourth-order valence-electron chi connectivity index (χ4n) is 2.34. The van der Waals surface area contributed by atoms with Crippen molar-refractivity contribution in [1.82, 2.24) is 9.38 Å². The van der Waals surface area contributed by atoms with Gasteiger partial charge in [0.2, 0.25) is 0 Å². The van der Waals surface area contributed by atoms with E-state index >= 15 is 0 Å². The van der Waals surface area contributed by atoms with Crippen LogP contribution in [0, 0.1) is 0 Å². The standard InChI is InChI=1S/C16H9BrN2O2/c17-10-5-11-6-13(18-9-19(11)8-10)16-7-14(20)12-3-1-2-4-15(12)21-16/h1-9H. The number of benzene rings is 1. The number of rotatable bonds is 1. The summed E-state index contributed by atoms with van der Waals surface area (Å²) in [6, 6.07) is 12.6. The van der Waals surface area contributed by atoms with Gasteiger partial charge >= 0.3 is 0 Å². The predicted molar refractivity (Wildman–Crippen MR) is 84.4 cm³/mol. The summed E-state index contributed by atoms with van der Waals surface area (Å²) in [6.45, 7) is 0. The number of para-hydroxylation sites is 1. The van der Waals surface area contributed by atoms with Gasteiger partial charge in [-0.1, -0.05) is 12.1 Å². The molecule has 3 aromatic heterocycles. The highest BCUT2D eigenvalue weighted by atomic mass is 79.9. The van der Waals surface area contributed by atoms with E-state index in [4.69, 9.17) is 4.42 Å². The molecule has 0 saturated heterocycles. The van der Waals surface area contributed by atoms with Gasteiger partial charge in [-0.2, -0.15) is 0 Å². The summed E-state index contributed by atoms with van der Waals surface area (Å²) in [5, 5.41) is 0.577. The first-order valence-corrected chi connectivity index (χ1v) is 7.16. The lowest BCUT2D eigenvalue weighted by Crippen LogP contribution is -2.00. The minimum Gasteiger partial charge on any atom is -0.454 e. The number of hydrogen-bond donors (Lipinski definition) is 0. The zero-order valence-corrected chi connectivity index (χ0v) is 12.4. The minimum atomic E-state index is -0.0647. The van der Waals surface area contributed by atoms with E-state index in [0.29, 0.717) is 22.4 Å². The average molecular weight is 341 g/mol. The maximum atomic E-state index is 12.1. The average Bonchev–Trinajstić information content (AvgIpc) is 2.86. The Kier molecular flexibility index (Phi) is 2.68. The smallest absolute Gasteiger partial charge is 0.193 e. The first kappa shape index (κ1) is 12.3. The molecular weight excluding hydrogens is 332 g/mol. The van der Waals surface area contributed by atoms with E-state index in [1.165, 1.54) is 6.07 Å². The molecule has 0 atom stereocenters. The molecule has 0 amide bonds. The third-order valence-electron chi connectivity index (χ3n) is 3.34. The topological polar surface area (TPSA) is 47.5 Å². The molecule has 0 radical (unpaired) electrons. The van der Waals surface area contributed by atoms with Gasteiger partial charge in [0.05, 0.1) is 11.7 Å². The third kappa shape index (κ3) is 2.06. The van der Waals surface area contributed by atoms with Crippen molar-refractivity contribution in [2.24, 2.45) is 0 Å². The molecule has 5 heteroatoms. The Hall–Kier alpha value is -2.40. The zero-order valence-electron chi connectivity index (χ0n) is 10.8. The Morgan fingerprint density at radius 1 is 1.14 bits per heavy atom. The molecule has 4 aromatic rings. The summed E-state index contributed by atoms with van der Waals surface area (Å²) < 4.78 is 8.67. The molecule has 102 valence electrons. The SMILES string of the molecule is O=c1cc(-c2cc3cc(Br)cn3cn2)oc2ccccc12. The summed E-state index contributed by atoms with van der Waals surface area (Å²) in [6.07, 6.45) is 3.62. The molecule has 0 N–H and O–H groups in total. The van der Waals surface area contributed by atoms with Gasteiger partial charge in [-0.3, -0.25) is 4.79 Å². The van der Waals surface area contributed by atoms with Crippen molar-refractivity contribution < 1.29 is 4.42 Å². The highest BCUT2D eigenvalue weighted by molar-refractivity contribution is 9.10. The molecule has 0 bridgehead atoms. The Labute approximate surface area is 127 Å². The Balaban J connectivity index is 1.97. The molecular formula is C16H9BrN2O2. The van der Waals surface area contributed by atoms with Crippen LogP contribution in [0.25, 0.3) is 27.9 Å². The number of aromatic nitrogens is 2. The first-order valence-electron chi connectivity index (χ1n) is 6.37. The molecule has 0 aliphatic carbocycles. The van der Waals surface area contributed by atoms with Crippen LogP contribution in [-0.4, -0.2) is 9.38 Å². The lowest BCUT2D eigenvalue weighted by atomic mass is 10.2. The molecule has 0 unspecified atom stereocenters. The summed E-state index contributed by atoms with van der Waals surface area (Å²) in [4.78, 5) is 16.5. The van der Waals surface area contributed by atoms with Crippen molar-refractivity contribution in [1.29, 1.82) is 0 Å². The van der Waals surface area contributed by atoms with Crippen LogP contribution in [0.1, 0.15) is 0 Å².